The van der Waals surface area contributed by atoms with Crippen molar-refractivity contribution in [1.82, 2.24) is 5.32 Å². The molecule has 0 saturated heterocycles. The fraction of sp³-hybridized carbons (Fsp3) is 0.538. The molecule has 5 heteroatoms. The van der Waals surface area contributed by atoms with Crippen molar-refractivity contribution in [2.24, 2.45) is 0 Å². The first kappa shape index (κ1) is 14.8. The summed E-state index contributed by atoms with van der Waals surface area (Å²) in [7, 11) is 1.57. The third-order valence-corrected chi connectivity index (χ3v) is 2.79. The van der Waals surface area contributed by atoms with E-state index >= 15 is 0 Å². The van der Waals surface area contributed by atoms with Crippen molar-refractivity contribution in [3.05, 3.63) is 28.8 Å². The lowest BCUT2D eigenvalue weighted by atomic mass is 10.0. The van der Waals surface area contributed by atoms with E-state index < -0.39 is 12.7 Å². The number of rotatable bonds is 5. The van der Waals surface area contributed by atoms with Gasteiger partial charge in [0.1, 0.15) is 5.75 Å². The highest BCUT2D eigenvalue weighted by molar-refractivity contribution is 5.41. The van der Waals surface area contributed by atoms with E-state index in [1.54, 1.807) is 7.11 Å². The van der Waals surface area contributed by atoms with Crippen molar-refractivity contribution in [3.63, 3.8) is 0 Å². The van der Waals surface area contributed by atoms with Gasteiger partial charge in [0.25, 0.3) is 0 Å². The summed E-state index contributed by atoms with van der Waals surface area (Å²) in [5.41, 5.74) is 3.15. The molecule has 0 amide bonds. The predicted molar refractivity (Wildman–Crippen MR) is 65.1 cm³/mol. The Morgan fingerprint density at radius 3 is 2.33 bits per heavy atom. The van der Waals surface area contributed by atoms with Crippen LogP contribution in [0, 0.1) is 13.8 Å². The number of aryl methyl sites for hydroxylation is 2. The first-order valence-electron chi connectivity index (χ1n) is 5.75. The third-order valence-electron chi connectivity index (χ3n) is 2.79. The van der Waals surface area contributed by atoms with Crippen molar-refractivity contribution in [1.29, 1.82) is 0 Å². The monoisotopic (exact) mass is 261 g/mol. The summed E-state index contributed by atoms with van der Waals surface area (Å²) < 4.78 is 41.1. The minimum atomic E-state index is -4.16. The molecule has 0 fully saturated rings. The molecule has 0 atom stereocenters. The van der Waals surface area contributed by atoms with E-state index in [2.05, 4.69) is 5.32 Å². The molecule has 1 N–H and O–H groups in total. The Morgan fingerprint density at radius 1 is 1.17 bits per heavy atom. The van der Waals surface area contributed by atoms with Crippen molar-refractivity contribution in [2.45, 2.75) is 26.4 Å². The second kappa shape index (κ2) is 6.09. The molecule has 18 heavy (non-hydrogen) atoms. The lowest BCUT2D eigenvalue weighted by Crippen LogP contribution is -2.30. The summed E-state index contributed by atoms with van der Waals surface area (Å²) in [5, 5.41) is 2.38. The van der Waals surface area contributed by atoms with Crippen LogP contribution in [-0.4, -0.2) is 26.4 Å². The van der Waals surface area contributed by atoms with Crippen molar-refractivity contribution < 1.29 is 17.9 Å². The van der Waals surface area contributed by atoms with Gasteiger partial charge in [0.05, 0.1) is 13.7 Å². The maximum absolute atomic E-state index is 12.0. The summed E-state index contributed by atoms with van der Waals surface area (Å²) in [5.74, 6) is 0.729. The van der Waals surface area contributed by atoms with E-state index in [1.807, 2.05) is 26.0 Å². The molecule has 1 aromatic carbocycles. The van der Waals surface area contributed by atoms with Gasteiger partial charge >= 0.3 is 6.18 Å². The Morgan fingerprint density at radius 2 is 1.78 bits per heavy atom. The normalized spacial score (nSPS) is 11.7. The van der Waals surface area contributed by atoms with E-state index in [4.69, 9.17) is 4.74 Å². The van der Waals surface area contributed by atoms with E-state index in [1.165, 1.54) is 0 Å². The van der Waals surface area contributed by atoms with Gasteiger partial charge in [-0.2, -0.15) is 13.2 Å². The summed E-state index contributed by atoms with van der Waals surface area (Å²) >= 11 is 0. The first-order valence-corrected chi connectivity index (χ1v) is 5.75. The number of methoxy groups -OCH3 is 1. The lowest BCUT2D eigenvalue weighted by Gasteiger charge is -2.13. The van der Waals surface area contributed by atoms with Gasteiger partial charge in [-0.15, -0.1) is 0 Å². The second-order valence-electron chi connectivity index (χ2n) is 4.29. The molecule has 0 aliphatic heterocycles. The quantitative estimate of drug-likeness (QED) is 0.823. The van der Waals surface area contributed by atoms with E-state index in [9.17, 15) is 13.2 Å². The van der Waals surface area contributed by atoms with Gasteiger partial charge < -0.3 is 10.1 Å². The van der Waals surface area contributed by atoms with Gasteiger partial charge in [-0.3, -0.25) is 0 Å². The highest BCUT2D eigenvalue weighted by Crippen LogP contribution is 2.23. The van der Waals surface area contributed by atoms with Gasteiger partial charge in [0.2, 0.25) is 0 Å². The Balaban J connectivity index is 2.59. The second-order valence-corrected chi connectivity index (χ2v) is 4.29. The molecule has 0 aliphatic rings. The summed E-state index contributed by atoms with van der Waals surface area (Å²) in [4.78, 5) is 0. The maximum atomic E-state index is 12.0. The van der Waals surface area contributed by atoms with Crippen LogP contribution in [0.3, 0.4) is 0 Å². The molecule has 2 nitrogen and oxygen atoms in total. The molecular formula is C13H18F3NO. The van der Waals surface area contributed by atoms with Gasteiger partial charge in [-0.25, -0.2) is 0 Å². The average molecular weight is 261 g/mol. The standard InChI is InChI=1S/C13H18F3NO/c1-9-6-11(12(18-3)7-10(9)2)4-5-17-8-13(14,15)16/h6-7,17H,4-5,8H2,1-3H3. The molecule has 0 spiro atoms. The minimum absolute atomic E-state index is 0.276. The third kappa shape index (κ3) is 4.56. The number of alkyl halides is 3. The number of ether oxygens (including phenoxy) is 1. The van der Waals surface area contributed by atoms with Crippen LogP contribution >= 0.6 is 0 Å². The predicted octanol–water partition coefficient (Wildman–Crippen LogP) is 3.01. The largest absolute Gasteiger partial charge is 0.496 e. The minimum Gasteiger partial charge on any atom is -0.496 e. The molecular weight excluding hydrogens is 243 g/mol. The zero-order valence-corrected chi connectivity index (χ0v) is 10.8. The SMILES string of the molecule is COc1cc(C)c(C)cc1CCNCC(F)(F)F. The smallest absolute Gasteiger partial charge is 0.401 e. The van der Waals surface area contributed by atoms with Crippen LogP contribution in [0.5, 0.6) is 5.75 Å². The molecule has 0 aromatic heterocycles. The molecule has 0 aliphatic carbocycles. The zero-order valence-electron chi connectivity index (χ0n) is 10.8. The van der Waals surface area contributed by atoms with E-state index in [-0.39, 0.29) is 6.54 Å². The number of benzene rings is 1. The van der Waals surface area contributed by atoms with Crippen molar-refractivity contribution in [3.8, 4) is 5.75 Å². The highest BCUT2D eigenvalue weighted by atomic mass is 19.4. The molecule has 0 radical (unpaired) electrons. The maximum Gasteiger partial charge on any atom is 0.401 e. The molecule has 0 heterocycles. The highest BCUT2D eigenvalue weighted by Gasteiger charge is 2.25. The molecule has 0 bridgehead atoms. The molecule has 0 saturated carbocycles. The van der Waals surface area contributed by atoms with Crippen molar-refractivity contribution >= 4 is 0 Å². The Kier molecular flexibility index (Phi) is 5.02. The Bertz CT molecular complexity index is 402. The number of hydrogen-bond donors (Lipinski definition) is 1. The van der Waals surface area contributed by atoms with Crippen LogP contribution in [0.1, 0.15) is 16.7 Å². The zero-order chi connectivity index (χ0) is 13.8. The van der Waals surface area contributed by atoms with E-state index in [0.29, 0.717) is 6.42 Å². The van der Waals surface area contributed by atoms with Gasteiger partial charge in [-0.05, 0) is 49.6 Å². The topological polar surface area (TPSA) is 21.3 Å². The average Bonchev–Trinajstić information content (AvgIpc) is 2.27. The molecule has 102 valence electrons. The fourth-order valence-electron chi connectivity index (χ4n) is 1.69. The number of nitrogens with one attached hydrogen (secondary N) is 1. The fourth-order valence-corrected chi connectivity index (χ4v) is 1.69. The summed E-state index contributed by atoms with van der Waals surface area (Å²) in [6.45, 7) is 3.27. The van der Waals surface area contributed by atoms with Crippen LogP contribution < -0.4 is 10.1 Å². The lowest BCUT2D eigenvalue weighted by molar-refractivity contribution is -0.124. The van der Waals surface area contributed by atoms with E-state index in [0.717, 1.165) is 22.4 Å². The molecule has 0 unspecified atom stereocenters. The van der Waals surface area contributed by atoms with Crippen LogP contribution in [-0.2, 0) is 6.42 Å². The summed E-state index contributed by atoms with van der Waals surface area (Å²) in [6.07, 6.45) is -3.65. The van der Waals surface area contributed by atoms with Crippen molar-refractivity contribution in [2.75, 3.05) is 20.2 Å². The number of halogens is 3. The van der Waals surface area contributed by atoms with Crippen LogP contribution in [0.2, 0.25) is 0 Å². The Hall–Kier alpha value is -1.23. The number of hydrogen-bond acceptors (Lipinski definition) is 2. The van der Waals surface area contributed by atoms with Gasteiger partial charge in [0, 0.05) is 0 Å². The molecule has 1 aromatic rings. The summed E-state index contributed by atoms with van der Waals surface area (Å²) in [6, 6.07) is 3.87. The van der Waals surface area contributed by atoms with Crippen LogP contribution in [0.4, 0.5) is 13.2 Å². The van der Waals surface area contributed by atoms with Crippen LogP contribution in [0.15, 0.2) is 12.1 Å². The first-order chi connectivity index (χ1) is 8.33. The molecule has 1 rings (SSSR count). The Labute approximate surface area is 105 Å². The van der Waals surface area contributed by atoms with Gasteiger partial charge in [-0.1, -0.05) is 6.07 Å². The van der Waals surface area contributed by atoms with Crippen LogP contribution in [0.25, 0.3) is 0 Å². The van der Waals surface area contributed by atoms with Gasteiger partial charge in [0.15, 0.2) is 0 Å².